The van der Waals surface area contributed by atoms with Crippen LogP contribution in [0.3, 0.4) is 0 Å². The minimum absolute atomic E-state index is 0.0377. The van der Waals surface area contributed by atoms with Gasteiger partial charge in [0.1, 0.15) is 12.8 Å². The van der Waals surface area contributed by atoms with E-state index in [9.17, 15) is 18.0 Å². The average molecular weight is 395 g/mol. The lowest BCUT2D eigenvalue weighted by Crippen LogP contribution is -2.49. The molecule has 150 valence electrons. The number of nitrogens with one attached hydrogen (secondary N) is 1. The van der Waals surface area contributed by atoms with Gasteiger partial charge in [-0.25, -0.2) is 4.79 Å². The van der Waals surface area contributed by atoms with Crippen molar-refractivity contribution in [3.63, 3.8) is 0 Å². The number of rotatable bonds is 6. The average Bonchev–Trinajstić information content (AvgIpc) is 2.72. The summed E-state index contributed by atoms with van der Waals surface area (Å²) in [6.45, 7) is 2.10. The molecule has 0 unspecified atom stereocenters. The van der Waals surface area contributed by atoms with Gasteiger partial charge in [0.05, 0.1) is 24.3 Å². The molecule has 0 amide bonds. The highest BCUT2D eigenvalue weighted by atomic mass is 19.4. The molecule has 9 heteroatoms. The molecule has 0 saturated carbocycles. The number of alkyl halides is 3. The summed E-state index contributed by atoms with van der Waals surface area (Å²) in [6.07, 6.45) is -1.98. The number of hydrogen-bond acceptors (Lipinski definition) is 6. The first-order chi connectivity index (χ1) is 13.4. The van der Waals surface area contributed by atoms with E-state index in [0.717, 1.165) is 12.1 Å². The summed E-state index contributed by atoms with van der Waals surface area (Å²) < 4.78 is 49.6. The molecular formula is C19H20F3N3O3. The molecule has 1 saturated heterocycles. The molecule has 2 aromatic rings. The Balaban J connectivity index is 1.71. The standard InChI is InChI=1S/C19H20F3N3O3/c20-19(21,22)15-4-1-5-16(11-15)24-17(25-7-9-27-10-8-25)13-28-18(26)14-3-2-6-23-12-14/h1-6,11-12,17,24H,7-10,13H2/t17-/m0/s1. The van der Waals surface area contributed by atoms with Crippen molar-refractivity contribution in [2.75, 3.05) is 38.2 Å². The van der Waals surface area contributed by atoms with Crippen LogP contribution in [0.2, 0.25) is 0 Å². The number of nitrogens with zero attached hydrogens (tertiary/aromatic N) is 2. The maximum absolute atomic E-state index is 13.0. The van der Waals surface area contributed by atoms with E-state index in [-0.39, 0.29) is 6.61 Å². The minimum atomic E-state index is -4.43. The van der Waals surface area contributed by atoms with E-state index in [1.54, 1.807) is 24.4 Å². The van der Waals surface area contributed by atoms with Crippen molar-refractivity contribution >= 4 is 11.7 Å². The van der Waals surface area contributed by atoms with E-state index in [2.05, 4.69) is 10.3 Å². The van der Waals surface area contributed by atoms with Gasteiger partial charge >= 0.3 is 12.1 Å². The third-order valence-corrected chi connectivity index (χ3v) is 4.28. The molecule has 0 radical (unpaired) electrons. The summed E-state index contributed by atoms with van der Waals surface area (Å²) in [7, 11) is 0. The van der Waals surface area contributed by atoms with Crippen LogP contribution >= 0.6 is 0 Å². The van der Waals surface area contributed by atoms with E-state index in [0.29, 0.717) is 37.6 Å². The van der Waals surface area contributed by atoms with Crippen LogP contribution in [0, 0.1) is 0 Å². The number of esters is 1. The first-order valence-corrected chi connectivity index (χ1v) is 8.76. The summed E-state index contributed by atoms with van der Waals surface area (Å²) in [5, 5.41) is 3.05. The monoisotopic (exact) mass is 395 g/mol. The molecule has 1 aliphatic rings. The number of carbonyl (C=O) groups excluding carboxylic acids is 1. The van der Waals surface area contributed by atoms with E-state index in [4.69, 9.17) is 9.47 Å². The fourth-order valence-electron chi connectivity index (χ4n) is 2.83. The quantitative estimate of drug-likeness (QED) is 0.759. The first-order valence-electron chi connectivity index (χ1n) is 8.76. The van der Waals surface area contributed by atoms with Crippen LogP contribution in [0.25, 0.3) is 0 Å². The Hall–Kier alpha value is -2.65. The third kappa shape index (κ3) is 5.43. The van der Waals surface area contributed by atoms with Gasteiger partial charge in [-0.1, -0.05) is 6.07 Å². The predicted octanol–water partition coefficient (Wildman–Crippen LogP) is 3.03. The molecule has 1 aromatic carbocycles. The second kappa shape index (κ2) is 9.03. The number of benzene rings is 1. The van der Waals surface area contributed by atoms with Crippen molar-refractivity contribution in [1.82, 2.24) is 9.88 Å². The van der Waals surface area contributed by atoms with E-state index in [1.165, 1.54) is 12.3 Å². The molecule has 28 heavy (non-hydrogen) atoms. The summed E-state index contributed by atoms with van der Waals surface area (Å²) >= 11 is 0. The van der Waals surface area contributed by atoms with E-state index in [1.807, 2.05) is 4.90 Å². The van der Waals surface area contributed by atoms with Crippen molar-refractivity contribution in [3.05, 3.63) is 59.9 Å². The molecule has 1 N–H and O–H groups in total. The fraction of sp³-hybridized carbons (Fsp3) is 0.368. The summed E-state index contributed by atoms with van der Waals surface area (Å²) in [4.78, 5) is 18.0. The molecule has 0 spiro atoms. The number of ether oxygens (including phenoxy) is 2. The van der Waals surface area contributed by atoms with Crippen LogP contribution in [0.15, 0.2) is 48.8 Å². The van der Waals surface area contributed by atoms with Gasteiger partial charge in [0.15, 0.2) is 0 Å². The number of halogens is 3. The van der Waals surface area contributed by atoms with E-state index >= 15 is 0 Å². The normalized spacial score (nSPS) is 16.4. The minimum Gasteiger partial charge on any atom is -0.458 e. The molecule has 1 aromatic heterocycles. The highest BCUT2D eigenvalue weighted by molar-refractivity contribution is 5.88. The molecule has 1 fully saturated rings. The third-order valence-electron chi connectivity index (χ3n) is 4.28. The SMILES string of the molecule is O=C(OC[C@@H](Nc1cccc(C(F)(F)F)c1)N1CCOCC1)c1cccnc1. The number of carbonyl (C=O) groups is 1. The maximum Gasteiger partial charge on any atom is 0.416 e. The van der Waals surface area contributed by atoms with E-state index < -0.39 is 23.9 Å². The summed E-state index contributed by atoms with van der Waals surface area (Å²) in [6, 6.07) is 8.14. The van der Waals surface area contributed by atoms with Crippen LogP contribution in [-0.4, -0.2) is 54.9 Å². The van der Waals surface area contributed by atoms with Gasteiger partial charge in [0.2, 0.25) is 0 Å². The highest BCUT2D eigenvalue weighted by Crippen LogP contribution is 2.31. The Morgan fingerprint density at radius 2 is 2.04 bits per heavy atom. The smallest absolute Gasteiger partial charge is 0.416 e. The Kier molecular flexibility index (Phi) is 6.48. The maximum atomic E-state index is 13.0. The molecule has 1 aliphatic heterocycles. The zero-order chi connectivity index (χ0) is 20.0. The van der Waals surface area contributed by atoms with Crippen molar-refractivity contribution < 1.29 is 27.4 Å². The van der Waals surface area contributed by atoms with Crippen molar-refractivity contribution in [2.45, 2.75) is 12.3 Å². The summed E-state index contributed by atoms with van der Waals surface area (Å²) in [5.41, 5.74) is -0.142. The molecule has 0 bridgehead atoms. The fourth-order valence-corrected chi connectivity index (χ4v) is 2.83. The van der Waals surface area contributed by atoms with Crippen molar-refractivity contribution in [1.29, 1.82) is 0 Å². The molecule has 2 heterocycles. The largest absolute Gasteiger partial charge is 0.458 e. The van der Waals surface area contributed by atoms with Crippen LogP contribution in [0.5, 0.6) is 0 Å². The number of morpholine rings is 1. The Morgan fingerprint density at radius 1 is 1.25 bits per heavy atom. The van der Waals surface area contributed by atoms with Gasteiger partial charge in [-0.3, -0.25) is 9.88 Å². The lowest BCUT2D eigenvalue weighted by molar-refractivity contribution is -0.137. The Morgan fingerprint density at radius 3 is 2.71 bits per heavy atom. The molecule has 1 atom stereocenters. The van der Waals surface area contributed by atoms with Crippen LogP contribution in [0.1, 0.15) is 15.9 Å². The molecule has 6 nitrogen and oxygen atoms in total. The number of anilines is 1. The molecule has 0 aliphatic carbocycles. The Bertz CT molecular complexity index is 781. The van der Waals surface area contributed by atoms with Gasteiger partial charge in [0.25, 0.3) is 0 Å². The lowest BCUT2D eigenvalue weighted by atomic mass is 10.2. The topological polar surface area (TPSA) is 63.7 Å². The summed E-state index contributed by atoms with van der Waals surface area (Å²) in [5.74, 6) is -0.544. The first kappa shape index (κ1) is 20.1. The highest BCUT2D eigenvalue weighted by Gasteiger charge is 2.31. The van der Waals surface area contributed by atoms with Gasteiger partial charge in [-0.05, 0) is 30.3 Å². The van der Waals surface area contributed by atoms with Crippen molar-refractivity contribution in [3.8, 4) is 0 Å². The van der Waals surface area contributed by atoms with Crippen molar-refractivity contribution in [2.24, 2.45) is 0 Å². The zero-order valence-electron chi connectivity index (χ0n) is 15.0. The van der Waals surface area contributed by atoms with Gasteiger partial charge in [0, 0.05) is 31.2 Å². The number of pyridine rings is 1. The number of aromatic nitrogens is 1. The predicted molar refractivity (Wildman–Crippen MR) is 95.8 cm³/mol. The molecular weight excluding hydrogens is 375 g/mol. The lowest BCUT2D eigenvalue weighted by Gasteiger charge is -2.35. The Labute approximate surface area is 160 Å². The molecule has 3 rings (SSSR count). The number of hydrogen-bond donors (Lipinski definition) is 1. The van der Waals surface area contributed by atoms with Gasteiger partial charge < -0.3 is 14.8 Å². The zero-order valence-corrected chi connectivity index (χ0v) is 15.0. The second-order valence-electron chi connectivity index (χ2n) is 6.23. The van der Waals surface area contributed by atoms with Crippen LogP contribution in [0.4, 0.5) is 18.9 Å². The van der Waals surface area contributed by atoms with Crippen LogP contribution < -0.4 is 5.32 Å². The second-order valence-corrected chi connectivity index (χ2v) is 6.23. The van der Waals surface area contributed by atoms with Gasteiger partial charge in [-0.15, -0.1) is 0 Å². The van der Waals surface area contributed by atoms with Crippen LogP contribution in [-0.2, 0) is 15.7 Å². The van der Waals surface area contributed by atoms with Gasteiger partial charge in [-0.2, -0.15) is 13.2 Å².